The summed E-state index contributed by atoms with van der Waals surface area (Å²) in [6.45, 7) is 1.23. The summed E-state index contributed by atoms with van der Waals surface area (Å²) in [4.78, 5) is 10.3. The van der Waals surface area contributed by atoms with E-state index in [1.54, 1.807) is 0 Å². The van der Waals surface area contributed by atoms with Crippen LogP contribution in [0.1, 0.15) is 38.5 Å². The minimum Gasteiger partial charge on any atom is -0.370 e. The number of ether oxygens (including phenoxy) is 2. The maximum atomic E-state index is 5.49. The molecule has 0 N–H and O–H groups in total. The molecular weight excluding hydrogens is 248 g/mol. The van der Waals surface area contributed by atoms with Crippen molar-refractivity contribution in [2.24, 2.45) is 11.8 Å². The Hall–Kier alpha value is -0.200. The highest BCUT2D eigenvalue weighted by atomic mass is 17.5. The minimum atomic E-state index is 0.497. The van der Waals surface area contributed by atoms with Gasteiger partial charge in [0.2, 0.25) is 0 Å². The largest absolute Gasteiger partial charge is 0.370 e. The van der Waals surface area contributed by atoms with Gasteiger partial charge in [-0.3, -0.25) is 0 Å². The summed E-state index contributed by atoms with van der Waals surface area (Å²) < 4.78 is 11.0. The molecule has 2 aliphatic heterocycles. The maximum Gasteiger partial charge on any atom is 0.0882 e. The molecule has 2 saturated heterocycles. The first-order chi connectivity index (χ1) is 9.38. The molecule has 0 aromatic carbocycles. The Morgan fingerprint density at radius 3 is 1.68 bits per heavy atom. The molecule has 6 atom stereocenters. The molecule has 2 saturated carbocycles. The van der Waals surface area contributed by atoms with E-state index >= 15 is 0 Å². The van der Waals surface area contributed by atoms with E-state index in [0.29, 0.717) is 49.5 Å². The van der Waals surface area contributed by atoms with Crippen molar-refractivity contribution in [2.45, 2.75) is 62.9 Å². The second-order valence-electron chi connectivity index (χ2n) is 6.42. The third kappa shape index (κ3) is 3.11. The molecule has 108 valence electrons. The quantitative estimate of drug-likeness (QED) is 0.320. The van der Waals surface area contributed by atoms with Gasteiger partial charge in [-0.1, -0.05) is 5.04 Å². The highest BCUT2D eigenvalue weighted by Gasteiger charge is 2.44. The van der Waals surface area contributed by atoms with Gasteiger partial charge in [0, 0.05) is 0 Å². The smallest absolute Gasteiger partial charge is 0.0882 e. The lowest BCUT2D eigenvalue weighted by atomic mass is 9.90. The second kappa shape index (κ2) is 5.30. The monoisotopic (exact) mass is 270 g/mol. The van der Waals surface area contributed by atoms with Crippen molar-refractivity contribution < 1.29 is 24.3 Å². The molecular formula is C14H22O5. The maximum absolute atomic E-state index is 5.49. The summed E-state index contributed by atoms with van der Waals surface area (Å²) in [5, 5.41) is 4.86. The lowest BCUT2D eigenvalue weighted by Crippen LogP contribution is -2.20. The Bertz CT molecular complexity index is 293. The molecule has 4 aliphatic rings. The Kier molecular flexibility index (Phi) is 3.49. The predicted molar refractivity (Wildman–Crippen MR) is 65.0 cm³/mol. The molecule has 0 amide bonds. The van der Waals surface area contributed by atoms with Crippen molar-refractivity contribution in [1.82, 2.24) is 0 Å². The van der Waals surface area contributed by atoms with Gasteiger partial charge in [-0.05, 0) is 50.4 Å². The van der Waals surface area contributed by atoms with E-state index in [-0.39, 0.29) is 0 Å². The van der Waals surface area contributed by atoms with Crippen molar-refractivity contribution in [2.75, 3.05) is 13.2 Å². The average Bonchev–Trinajstić information content (AvgIpc) is 3.31. The summed E-state index contributed by atoms with van der Waals surface area (Å²) in [5.41, 5.74) is 0. The standard InChI is InChI=1S/C14H22O5/c1-3-11-13(17-11)5-9(1)7-15-19-16-8-10-2-4-12-14(6-10)18-12/h9-14H,1-8H2. The van der Waals surface area contributed by atoms with Crippen molar-refractivity contribution in [3.8, 4) is 0 Å². The Morgan fingerprint density at radius 1 is 0.684 bits per heavy atom. The first kappa shape index (κ1) is 12.5. The molecule has 0 aromatic heterocycles. The van der Waals surface area contributed by atoms with Crippen LogP contribution in [0.25, 0.3) is 0 Å². The van der Waals surface area contributed by atoms with E-state index in [9.17, 15) is 0 Å². The summed E-state index contributed by atoms with van der Waals surface area (Å²) in [7, 11) is 0. The average molecular weight is 270 g/mol. The fourth-order valence-corrected chi connectivity index (χ4v) is 3.56. The van der Waals surface area contributed by atoms with Gasteiger partial charge in [-0.2, -0.15) is 0 Å². The lowest BCUT2D eigenvalue weighted by Gasteiger charge is -2.19. The molecule has 4 rings (SSSR count). The van der Waals surface area contributed by atoms with Crippen molar-refractivity contribution in [1.29, 1.82) is 0 Å². The molecule has 0 bridgehead atoms. The number of fused-ring (bicyclic) bond motifs is 2. The van der Waals surface area contributed by atoms with Crippen LogP contribution < -0.4 is 0 Å². The summed E-state index contributed by atoms with van der Waals surface area (Å²) in [6.07, 6.45) is 9.00. The third-order valence-corrected chi connectivity index (χ3v) is 4.93. The van der Waals surface area contributed by atoms with Gasteiger partial charge in [0.05, 0.1) is 37.6 Å². The predicted octanol–water partition coefficient (Wildman–Crippen LogP) is 2.00. The zero-order chi connectivity index (χ0) is 12.7. The number of hydrogen-bond acceptors (Lipinski definition) is 5. The van der Waals surface area contributed by atoms with Crippen LogP contribution in [0.3, 0.4) is 0 Å². The molecule has 5 nitrogen and oxygen atoms in total. The van der Waals surface area contributed by atoms with Gasteiger partial charge in [-0.15, -0.1) is 0 Å². The third-order valence-electron chi connectivity index (χ3n) is 4.93. The van der Waals surface area contributed by atoms with Gasteiger partial charge in [0.25, 0.3) is 0 Å². The molecule has 0 aromatic rings. The van der Waals surface area contributed by atoms with E-state index in [1.807, 2.05) is 0 Å². The fraction of sp³-hybridized carbons (Fsp3) is 1.00. The van der Waals surface area contributed by atoms with Crippen LogP contribution in [-0.4, -0.2) is 37.6 Å². The molecule has 6 unspecified atom stereocenters. The number of hydrogen-bond donors (Lipinski definition) is 0. The lowest BCUT2D eigenvalue weighted by molar-refractivity contribution is -0.517. The number of epoxide rings is 2. The van der Waals surface area contributed by atoms with Gasteiger partial charge < -0.3 is 9.47 Å². The van der Waals surface area contributed by atoms with Gasteiger partial charge in [0.15, 0.2) is 0 Å². The minimum absolute atomic E-state index is 0.497. The molecule has 5 heteroatoms. The molecule has 0 radical (unpaired) electrons. The Morgan fingerprint density at radius 2 is 1.21 bits per heavy atom. The second-order valence-corrected chi connectivity index (χ2v) is 6.42. The molecule has 2 aliphatic carbocycles. The topological polar surface area (TPSA) is 52.8 Å². The van der Waals surface area contributed by atoms with E-state index in [4.69, 9.17) is 24.3 Å². The van der Waals surface area contributed by atoms with E-state index in [1.165, 1.54) is 25.7 Å². The van der Waals surface area contributed by atoms with Gasteiger partial charge in [0.1, 0.15) is 0 Å². The van der Waals surface area contributed by atoms with E-state index in [0.717, 1.165) is 12.8 Å². The normalized spacial score (nSPS) is 47.4. The van der Waals surface area contributed by atoms with Crippen LogP contribution in [0.4, 0.5) is 0 Å². The van der Waals surface area contributed by atoms with Crippen LogP contribution >= 0.6 is 0 Å². The molecule has 0 spiro atoms. The van der Waals surface area contributed by atoms with E-state index in [2.05, 4.69) is 0 Å². The van der Waals surface area contributed by atoms with Crippen LogP contribution in [0.15, 0.2) is 0 Å². The Labute approximate surface area is 113 Å². The van der Waals surface area contributed by atoms with Crippen LogP contribution in [0.5, 0.6) is 0 Å². The molecule has 19 heavy (non-hydrogen) atoms. The van der Waals surface area contributed by atoms with E-state index < -0.39 is 0 Å². The van der Waals surface area contributed by atoms with Crippen LogP contribution in [0, 0.1) is 11.8 Å². The van der Waals surface area contributed by atoms with Crippen LogP contribution in [-0.2, 0) is 24.3 Å². The highest BCUT2D eigenvalue weighted by molar-refractivity contribution is 4.92. The highest BCUT2D eigenvalue weighted by Crippen LogP contribution is 2.40. The van der Waals surface area contributed by atoms with Crippen molar-refractivity contribution in [3.05, 3.63) is 0 Å². The first-order valence-electron chi connectivity index (χ1n) is 7.60. The van der Waals surface area contributed by atoms with Gasteiger partial charge >= 0.3 is 0 Å². The number of rotatable bonds is 6. The fourth-order valence-electron chi connectivity index (χ4n) is 3.56. The summed E-state index contributed by atoms with van der Waals surface area (Å²) in [5.74, 6) is 1.12. The Balaban J connectivity index is 1.05. The van der Waals surface area contributed by atoms with Crippen molar-refractivity contribution >= 4 is 0 Å². The summed E-state index contributed by atoms with van der Waals surface area (Å²) >= 11 is 0. The van der Waals surface area contributed by atoms with Crippen LogP contribution in [0.2, 0.25) is 0 Å². The van der Waals surface area contributed by atoms with Crippen molar-refractivity contribution in [3.63, 3.8) is 0 Å². The summed E-state index contributed by atoms with van der Waals surface area (Å²) in [6, 6.07) is 0. The zero-order valence-corrected chi connectivity index (χ0v) is 11.2. The SMILES string of the molecule is C1CC2OC2CC1COOOCC1CCC2OC2C1. The molecule has 4 fully saturated rings. The first-order valence-corrected chi connectivity index (χ1v) is 7.60. The molecule has 2 heterocycles. The van der Waals surface area contributed by atoms with Gasteiger partial charge in [-0.25, -0.2) is 9.78 Å². The zero-order valence-electron chi connectivity index (χ0n) is 11.2.